The zero-order chi connectivity index (χ0) is 26.5. The van der Waals surface area contributed by atoms with Crippen molar-refractivity contribution in [2.45, 2.75) is 55.9 Å². The van der Waals surface area contributed by atoms with E-state index in [2.05, 4.69) is 10.3 Å². The summed E-state index contributed by atoms with van der Waals surface area (Å²) in [5, 5.41) is 25.9. The maximum Gasteiger partial charge on any atom is 0.275 e. The Balaban J connectivity index is 0.00000220. The number of nitrogens with one attached hydrogen (secondary N) is 1. The van der Waals surface area contributed by atoms with Crippen molar-refractivity contribution in [3.63, 3.8) is 0 Å². The molecule has 4 atom stereocenters. The number of methoxy groups -OCH3 is 1. The van der Waals surface area contributed by atoms with Crippen LogP contribution in [0.25, 0.3) is 11.3 Å². The van der Waals surface area contributed by atoms with Gasteiger partial charge in [0.05, 0.1) is 30.8 Å². The molecule has 8 nitrogen and oxygen atoms in total. The van der Waals surface area contributed by atoms with E-state index in [1.165, 1.54) is 0 Å². The van der Waals surface area contributed by atoms with Crippen LogP contribution in [0.3, 0.4) is 0 Å². The second-order valence-electron chi connectivity index (χ2n) is 10.5. The van der Waals surface area contributed by atoms with E-state index in [1.54, 1.807) is 13.4 Å². The minimum Gasteiger partial charge on any atom is -0.388 e. The average Bonchev–Trinajstić information content (AvgIpc) is 3.39. The van der Waals surface area contributed by atoms with Crippen molar-refractivity contribution in [1.82, 2.24) is 19.8 Å². The molecule has 1 amide bonds. The summed E-state index contributed by atoms with van der Waals surface area (Å²) in [6, 6.07) is 19.0. The first-order chi connectivity index (χ1) is 18.5. The van der Waals surface area contributed by atoms with Gasteiger partial charge in [0, 0.05) is 38.3 Å². The van der Waals surface area contributed by atoms with Gasteiger partial charge < -0.3 is 29.7 Å². The van der Waals surface area contributed by atoms with Crippen LogP contribution in [0.2, 0.25) is 0 Å². The summed E-state index contributed by atoms with van der Waals surface area (Å²) in [6.07, 6.45) is 4.81. The van der Waals surface area contributed by atoms with Gasteiger partial charge in [-0.05, 0) is 24.8 Å². The summed E-state index contributed by atoms with van der Waals surface area (Å²) in [5.41, 5.74) is 1.79. The van der Waals surface area contributed by atoms with Gasteiger partial charge in [-0.3, -0.25) is 4.79 Å². The lowest BCUT2D eigenvalue weighted by Crippen LogP contribution is -2.54. The van der Waals surface area contributed by atoms with Crippen LogP contribution in [0.4, 0.5) is 0 Å². The lowest BCUT2D eigenvalue weighted by atomic mass is 9.80. The number of carbonyl (C=O) groups excluding carboxylic acids is 1. The maximum atomic E-state index is 14.2. The van der Waals surface area contributed by atoms with Gasteiger partial charge in [0.1, 0.15) is 5.60 Å². The molecule has 0 unspecified atom stereocenters. The fraction of sp³-hybridized carbons (Fsp3) is 0.467. The zero-order valence-corrected chi connectivity index (χ0v) is 24.4. The van der Waals surface area contributed by atoms with E-state index in [-0.39, 0.29) is 49.4 Å². The molecule has 40 heavy (non-hydrogen) atoms. The van der Waals surface area contributed by atoms with Crippen LogP contribution in [0.1, 0.15) is 60.3 Å². The number of aliphatic hydroxyl groups is 2. The highest BCUT2D eigenvalue weighted by atomic mass is 35.5. The minimum atomic E-state index is -1.03. The summed E-state index contributed by atoms with van der Waals surface area (Å²) in [7, 11) is 1.61. The molecule has 0 spiro atoms. The first-order valence-electron chi connectivity index (χ1n) is 13.6. The van der Waals surface area contributed by atoms with Crippen molar-refractivity contribution in [3.05, 3.63) is 78.2 Å². The maximum absolute atomic E-state index is 14.2. The molecule has 3 N–H and O–H groups in total. The van der Waals surface area contributed by atoms with Crippen molar-refractivity contribution in [3.8, 4) is 11.3 Å². The van der Waals surface area contributed by atoms with Crippen LogP contribution >= 0.6 is 24.8 Å². The van der Waals surface area contributed by atoms with Crippen LogP contribution in [0.5, 0.6) is 0 Å². The summed E-state index contributed by atoms with van der Waals surface area (Å²) < 4.78 is 7.43. The smallest absolute Gasteiger partial charge is 0.275 e. The summed E-state index contributed by atoms with van der Waals surface area (Å²) >= 11 is 0. The predicted octanol–water partition coefficient (Wildman–Crippen LogP) is 4.42. The number of imidazole rings is 1. The molecule has 2 aliphatic rings. The molecule has 3 aromatic rings. The van der Waals surface area contributed by atoms with Crippen LogP contribution in [-0.4, -0.2) is 75.6 Å². The highest BCUT2D eigenvalue weighted by Crippen LogP contribution is 2.41. The molecule has 1 saturated carbocycles. The molecular weight excluding hydrogens is 551 g/mol. The first kappa shape index (κ1) is 32.1. The zero-order valence-electron chi connectivity index (χ0n) is 22.8. The number of aliphatic hydroxyl groups excluding tert-OH is 1. The number of benzene rings is 2. The van der Waals surface area contributed by atoms with E-state index in [4.69, 9.17) is 4.74 Å². The second-order valence-corrected chi connectivity index (χ2v) is 10.5. The van der Waals surface area contributed by atoms with Gasteiger partial charge in [-0.1, -0.05) is 73.5 Å². The van der Waals surface area contributed by atoms with Crippen LogP contribution in [-0.2, 0) is 4.74 Å². The van der Waals surface area contributed by atoms with E-state index in [0.29, 0.717) is 38.2 Å². The van der Waals surface area contributed by atoms with Gasteiger partial charge in [0.25, 0.3) is 5.91 Å². The van der Waals surface area contributed by atoms with Gasteiger partial charge in [-0.15, -0.1) is 24.8 Å². The number of nitrogens with zero attached hydrogens (tertiary/aromatic N) is 3. The molecule has 2 aromatic carbocycles. The molecule has 2 heterocycles. The lowest BCUT2D eigenvalue weighted by Gasteiger charge is -2.41. The lowest BCUT2D eigenvalue weighted by molar-refractivity contribution is -0.0893. The third-order valence-corrected chi connectivity index (χ3v) is 8.02. The minimum absolute atomic E-state index is 0. The number of rotatable bonds is 8. The largest absolute Gasteiger partial charge is 0.388 e. The van der Waals surface area contributed by atoms with Gasteiger partial charge in [0.2, 0.25) is 0 Å². The molecule has 5 rings (SSSR count). The standard InChI is InChI=1S/C30H38N4O4.2ClH/c1-38-20-30(37)15-9-8-14-26(30)34-21-32-27(28(34)23-12-6-3-7-13-23)29(36)33-17-16-31-19-24(33)18-25(35)22-10-4-2-5-11-22;;/h2-7,10-13,21,24-26,31,35,37H,8-9,14-20H2,1H3;2*1H/t24-,25+,26-,30-;;/m1../s1. The topological polar surface area (TPSA) is 99.8 Å². The van der Waals surface area contributed by atoms with Gasteiger partial charge >= 0.3 is 0 Å². The van der Waals surface area contributed by atoms with E-state index in [0.717, 1.165) is 36.1 Å². The Labute approximate surface area is 248 Å². The fourth-order valence-corrected chi connectivity index (χ4v) is 6.10. The Kier molecular flexibility index (Phi) is 11.6. The number of ether oxygens (including phenoxy) is 1. The van der Waals surface area contributed by atoms with Gasteiger partial charge in [-0.2, -0.15) is 0 Å². The van der Waals surface area contributed by atoms with Crippen molar-refractivity contribution < 1.29 is 19.7 Å². The van der Waals surface area contributed by atoms with E-state index >= 15 is 0 Å². The molecular formula is C30H40Cl2N4O4. The molecule has 10 heteroatoms. The van der Waals surface area contributed by atoms with Gasteiger partial charge in [0.15, 0.2) is 5.69 Å². The third kappa shape index (κ3) is 6.70. The van der Waals surface area contributed by atoms with Crippen molar-refractivity contribution in [2.75, 3.05) is 33.4 Å². The number of amides is 1. The number of hydrogen-bond donors (Lipinski definition) is 3. The third-order valence-electron chi connectivity index (χ3n) is 8.02. The molecule has 1 saturated heterocycles. The molecule has 1 aliphatic carbocycles. The Bertz CT molecular complexity index is 1210. The Morgan fingerprint density at radius 2 is 1.82 bits per heavy atom. The predicted molar refractivity (Wildman–Crippen MR) is 160 cm³/mol. The van der Waals surface area contributed by atoms with Gasteiger partial charge in [-0.25, -0.2) is 4.98 Å². The van der Waals surface area contributed by atoms with Crippen LogP contribution < -0.4 is 5.32 Å². The monoisotopic (exact) mass is 590 g/mol. The van der Waals surface area contributed by atoms with Crippen LogP contribution in [0.15, 0.2) is 67.0 Å². The normalized spacial score (nSPS) is 23.5. The van der Waals surface area contributed by atoms with E-state index < -0.39 is 11.7 Å². The molecule has 0 bridgehead atoms. The highest BCUT2D eigenvalue weighted by molar-refractivity contribution is 5.98. The summed E-state index contributed by atoms with van der Waals surface area (Å²) in [6.45, 7) is 2.04. The molecule has 218 valence electrons. The van der Waals surface area contributed by atoms with E-state index in [1.807, 2.05) is 70.1 Å². The van der Waals surface area contributed by atoms with Crippen molar-refractivity contribution >= 4 is 30.7 Å². The number of hydrogen-bond acceptors (Lipinski definition) is 6. The number of piperazine rings is 1. The Morgan fingerprint density at radius 3 is 2.52 bits per heavy atom. The molecule has 2 fully saturated rings. The molecule has 0 radical (unpaired) electrons. The van der Waals surface area contributed by atoms with E-state index in [9.17, 15) is 15.0 Å². The highest BCUT2D eigenvalue weighted by Gasteiger charge is 2.42. The van der Waals surface area contributed by atoms with Crippen molar-refractivity contribution in [2.24, 2.45) is 0 Å². The second kappa shape index (κ2) is 14.4. The summed E-state index contributed by atoms with van der Waals surface area (Å²) in [5.74, 6) is -0.152. The number of aromatic nitrogens is 2. The van der Waals surface area contributed by atoms with Crippen LogP contribution in [0, 0.1) is 0 Å². The number of carbonyl (C=O) groups is 1. The Hall–Kier alpha value is -2.46. The first-order valence-corrected chi connectivity index (χ1v) is 13.6. The Morgan fingerprint density at radius 1 is 1.12 bits per heavy atom. The quantitative estimate of drug-likeness (QED) is 0.359. The average molecular weight is 592 g/mol. The van der Waals surface area contributed by atoms with Crippen molar-refractivity contribution in [1.29, 1.82) is 0 Å². The SMILES string of the molecule is COC[C@]1(O)CCCC[C@H]1n1cnc(C(=O)N2CCNC[C@H]2C[C@H](O)c2ccccc2)c1-c1ccccc1.Cl.Cl. The number of halogens is 2. The summed E-state index contributed by atoms with van der Waals surface area (Å²) in [4.78, 5) is 20.7. The fourth-order valence-electron chi connectivity index (χ4n) is 6.10. The molecule has 1 aromatic heterocycles. The molecule has 1 aliphatic heterocycles.